The summed E-state index contributed by atoms with van der Waals surface area (Å²) in [6.45, 7) is 1.81. The predicted molar refractivity (Wildman–Crippen MR) is 138 cm³/mol. The fourth-order valence-corrected chi connectivity index (χ4v) is 4.53. The lowest BCUT2D eigenvalue weighted by atomic mass is 10.1. The van der Waals surface area contributed by atoms with Crippen LogP contribution < -0.4 is 15.0 Å². The molecular weight excluding hydrogens is 538 g/mol. The summed E-state index contributed by atoms with van der Waals surface area (Å²) in [5.74, 6) is -0.490. The van der Waals surface area contributed by atoms with E-state index >= 15 is 0 Å². The molecule has 0 unspecified atom stereocenters. The van der Waals surface area contributed by atoms with Crippen LogP contribution in [0.2, 0.25) is 0 Å². The number of fused-ring (bicyclic) bond motifs is 1. The Kier molecular flexibility index (Phi) is 7.17. The number of piperazine rings is 1. The molecule has 1 aromatic heterocycles. The molecule has 0 atom stereocenters. The largest absolute Gasteiger partial charge is 0.573 e. The van der Waals surface area contributed by atoms with E-state index in [9.17, 15) is 31.1 Å². The maximum absolute atomic E-state index is 13.2. The molecule has 1 aliphatic rings. The molecule has 0 saturated carbocycles. The average Bonchev–Trinajstić information content (AvgIpc) is 2.92. The zero-order chi connectivity index (χ0) is 28.5. The molecular formula is C28H22F6N4O2. The van der Waals surface area contributed by atoms with E-state index in [0.29, 0.717) is 48.5 Å². The summed E-state index contributed by atoms with van der Waals surface area (Å²) < 4.78 is 80.3. The number of halogens is 6. The molecule has 1 N–H and O–H groups in total. The van der Waals surface area contributed by atoms with E-state index in [1.807, 2.05) is 4.90 Å². The van der Waals surface area contributed by atoms with Crippen molar-refractivity contribution < 1.29 is 35.9 Å². The molecule has 4 aromatic rings. The lowest BCUT2D eigenvalue weighted by Gasteiger charge is -2.36. The number of amides is 1. The standard InChI is InChI=1S/C28H22F6N4O2/c29-27(30,31)19-4-9-23-24(10-11-35-25(23)17-19)36-20-3-1-2-18(16-20)26(39)38-14-12-37(13-15-38)21-5-7-22(8-6-21)40-28(32,33)34/h1-11,16-17H,12-15H2,(H,35,36). The third-order valence-electron chi connectivity index (χ3n) is 6.46. The van der Waals surface area contributed by atoms with Crippen molar-refractivity contribution in [1.82, 2.24) is 9.88 Å². The van der Waals surface area contributed by atoms with Gasteiger partial charge in [0.25, 0.3) is 5.91 Å². The molecule has 12 heteroatoms. The number of rotatable bonds is 5. The summed E-state index contributed by atoms with van der Waals surface area (Å²) in [6.07, 6.45) is -7.82. The summed E-state index contributed by atoms with van der Waals surface area (Å²) in [5.41, 5.74) is 1.68. The first-order valence-electron chi connectivity index (χ1n) is 12.2. The first-order chi connectivity index (χ1) is 19.0. The molecule has 0 spiro atoms. The SMILES string of the molecule is O=C(c1cccc(Nc2ccnc3cc(C(F)(F)F)ccc23)c1)N1CCN(c2ccc(OC(F)(F)F)cc2)CC1. The smallest absolute Gasteiger partial charge is 0.406 e. The molecule has 0 bridgehead atoms. The van der Waals surface area contributed by atoms with Gasteiger partial charge in [0, 0.05) is 60.4 Å². The number of anilines is 3. The van der Waals surface area contributed by atoms with Crippen LogP contribution in [0.4, 0.5) is 43.4 Å². The highest BCUT2D eigenvalue weighted by Gasteiger charge is 2.32. The Morgan fingerprint density at radius 2 is 1.57 bits per heavy atom. The van der Waals surface area contributed by atoms with Crippen LogP contribution in [-0.2, 0) is 6.18 Å². The number of nitrogens with zero attached hydrogens (tertiary/aromatic N) is 3. The van der Waals surface area contributed by atoms with E-state index in [0.717, 1.165) is 17.8 Å². The van der Waals surface area contributed by atoms with Gasteiger partial charge in [0.05, 0.1) is 11.1 Å². The second-order valence-electron chi connectivity index (χ2n) is 9.11. The van der Waals surface area contributed by atoms with Gasteiger partial charge < -0.3 is 19.9 Å². The molecule has 1 saturated heterocycles. The number of pyridine rings is 1. The summed E-state index contributed by atoms with van der Waals surface area (Å²) in [6, 6.07) is 17.4. The lowest BCUT2D eigenvalue weighted by molar-refractivity contribution is -0.274. The van der Waals surface area contributed by atoms with Crippen molar-refractivity contribution in [2.45, 2.75) is 12.5 Å². The van der Waals surface area contributed by atoms with Crippen molar-refractivity contribution in [2.75, 3.05) is 36.4 Å². The van der Waals surface area contributed by atoms with E-state index in [-0.39, 0.29) is 17.2 Å². The maximum Gasteiger partial charge on any atom is 0.573 e. The molecule has 1 aliphatic heterocycles. The third kappa shape index (κ3) is 6.22. The Balaban J connectivity index is 1.24. The van der Waals surface area contributed by atoms with Gasteiger partial charge in [-0.25, -0.2) is 0 Å². The Bertz CT molecular complexity index is 1510. The zero-order valence-corrected chi connectivity index (χ0v) is 20.8. The number of benzene rings is 3. The van der Waals surface area contributed by atoms with Crippen molar-refractivity contribution in [3.8, 4) is 5.75 Å². The minimum absolute atomic E-state index is 0.187. The third-order valence-corrected chi connectivity index (χ3v) is 6.46. The van der Waals surface area contributed by atoms with Gasteiger partial charge >= 0.3 is 12.5 Å². The summed E-state index contributed by atoms with van der Waals surface area (Å²) in [7, 11) is 0. The van der Waals surface area contributed by atoms with Gasteiger partial charge in [-0.05, 0) is 60.7 Å². The number of alkyl halides is 6. The van der Waals surface area contributed by atoms with E-state index in [2.05, 4.69) is 15.0 Å². The number of carbonyl (C=O) groups is 1. The Morgan fingerprint density at radius 1 is 0.850 bits per heavy atom. The highest BCUT2D eigenvalue weighted by molar-refractivity contribution is 5.97. The van der Waals surface area contributed by atoms with Crippen LogP contribution in [0.15, 0.2) is 79.0 Å². The Hall–Kier alpha value is -4.48. The molecule has 0 aliphatic carbocycles. The number of nitrogens with one attached hydrogen (secondary N) is 1. The van der Waals surface area contributed by atoms with Gasteiger partial charge in [0.2, 0.25) is 0 Å². The Morgan fingerprint density at radius 3 is 2.25 bits per heavy atom. The van der Waals surface area contributed by atoms with Gasteiger partial charge in [-0.15, -0.1) is 13.2 Å². The molecule has 2 heterocycles. The van der Waals surface area contributed by atoms with Gasteiger partial charge in [0.15, 0.2) is 0 Å². The van der Waals surface area contributed by atoms with Crippen LogP contribution in [0.5, 0.6) is 5.75 Å². The molecule has 0 radical (unpaired) electrons. The van der Waals surface area contributed by atoms with E-state index in [1.165, 1.54) is 24.4 Å². The van der Waals surface area contributed by atoms with Crippen LogP contribution >= 0.6 is 0 Å². The first-order valence-corrected chi connectivity index (χ1v) is 12.2. The van der Waals surface area contributed by atoms with Crippen molar-refractivity contribution in [3.05, 3.63) is 90.1 Å². The number of aromatic nitrogens is 1. The fraction of sp³-hybridized carbons (Fsp3) is 0.214. The molecule has 5 rings (SSSR count). The minimum atomic E-state index is -4.76. The normalized spacial score (nSPS) is 14.3. The maximum atomic E-state index is 13.2. The van der Waals surface area contributed by atoms with Crippen molar-refractivity contribution >= 4 is 33.9 Å². The van der Waals surface area contributed by atoms with Gasteiger partial charge in [-0.1, -0.05) is 12.1 Å². The first kappa shape index (κ1) is 27.1. The van der Waals surface area contributed by atoms with Crippen molar-refractivity contribution in [2.24, 2.45) is 0 Å². The van der Waals surface area contributed by atoms with Crippen LogP contribution in [0.3, 0.4) is 0 Å². The quantitative estimate of drug-likeness (QED) is 0.271. The highest BCUT2D eigenvalue weighted by atomic mass is 19.4. The van der Waals surface area contributed by atoms with Crippen molar-refractivity contribution in [3.63, 3.8) is 0 Å². The van der Waals surface area contributed by atoms with Gasteiger partial charge in [0.1, 0.15) is 5.75 Å². The summed E-state index contributed by atoms with van der Waals surface area (Å²) in [5, 5.41) is 3.67. The summed E-state index contributed by atoms with van der Waals surface area (Å²) in [4.78, 5) is 20.9. The average molecular weight is 560 g/mol. The second kappa shape index (κ2) is 10.6. The number of carbonyl (C=O) groups excluding carboxylic acids is 1. The molecule has 1 fully saturated rings. The minimum Gasteiger partial charge on any atom is -0.406 e. The zero-order valence-electron chi connectivity index (χ0n) is 20.8. The van der Waals surface area contributed by atoms with E-state index in [4.69, 9.17) is 0 Å². The van der Waals surface area contributed by atoms with Crippen LogP contribution in [0.25, 0.3) is 10.9 Å². The van der Waals surface area contributed by atoms with Crippen LogP contribution in [0, 0.1) is 0 Å². The molecule has 6 nitrogen and oxygen atoms in total. The van der Waals surface area contributed by atoms with Crippen molar-refractivity contribution in [1.29, 1.82) is 0 Å². The number of hydrogen-bond acceptors (Lipinski definition) is 5. The lowest BCUT2D eigenvalue weighted by Crippen LogP contribution is -2.48. The van der Waals surface area contributed by atoms with Crippen LogP contribution in [0.1, 0.15) is 15.9 Å². The molecule has 3 aromatic carbocycles. The Labute approximate surface area is 224 Å². The molecule has 208 valence electrons. The number of ether oxygens (including phenoxy) is 1. The topological polar surface area (TPSA) is 57.7 Å². The van der Waals surface area contributed by atoms with E-state index < -0.39 is 18.1 Å². The molecule has 40 heavy (non-hydrogen) atoms. The summed E-state index contributed by atoms with van der Waals surface area (Å²) >= 11 is 0. The highest BCUT2D eigenvalue weighted by Crippen LogP contribution is 2.33. The monoisotopic (exact) mass is 560 g/mol. The van der Waals surface area contributed by atoms with E-state index in [1.54, 1.807) is 47.4 Å². The fourth-order valence-electron chi connectivity index (χ4n) is 4.53. The molecule has 1 amide bonds. The second-order valence-corrected chi connectivity index (χ2v) is 9.11. The predicted octanol–water partition coefficient (Wildman–Crippen LogP) is 6.86. The number of hydrogen-bond donors (Lipinski definition) is 1. The van der Waals surface area contributed by atoms with Gasteiger partial charge in [-0.3, -0.25) is 9.78 Å². The van der Waals surface area contributed by atoms with Crippen LogP contribution in [-0.4, -0.2) is 48.3 Å². The van der Waals surface area contributed by atoms with Gasteiger partial charge in [-0.2, -0.15) is 13.2 Å².